The number of hydrogen-bond donors (Lipinski definition) is 1. The molecule has 0 bridgehead atoms. The van der Waals surface area contributed by atoms with E-state index in [0.717, 1.165) is 27.2 Å². The number of carbonyl (C=O) groups excluding carboxylic acids is 1. The Morgan fingerprint density at radius 3 is 2.57 bits per heavy atom. The number of nitro benzene ring substituents is 1. The Balaban J connectivity index is 1.54. The van der Waals surface area contributed by atoms with E-state index in [1.54, 1.807) is 12.1 Å². The molecule has 0 fully saturated rings. The third-order valence-corrected chi connectivity index (χ3v) is 5.48. The van der Waals surface area contributed by atoms with Gasteiger partial charge in [-0.15, -0.1) is 11.3 Å². The van der Waals surface area contributed by atoms with Crippen molar-refractivity contribution in [3.8, 4) is 5.69 Å². The van der Waals surface area contributed by atoms with E-state index in [0.29, 0.717) is 11.4 Å². The quantitative estimate of drug-likeness (QED) is 0.406. The van der Waals surface area contributed by atoms with Gasteiger partial charge in [-0.3, -0.25) is 14.9 Å². The maximum atomic E-state index is 12.6. The van der Waals surface area contributed by atoms with Crippen molar-refractivity contribution in [1.82, 2.24) is 15.1 Å². The van der Waals surface area contributed by atoms with E-state index in [9.17, 15) is 14.9 Å². The van der Waals surface area contributed by atoms with Crippen molar-refractivity contribution >= 4 is 33.1 Å². The van der Waals surface area contributed by atoms with Gasteiger partial charge in [-0.05, 0) is 30.7 Å². The highest BCUT2D eigenvalue weighted by atomic mass is 32.1. The van der Waals surface area contributed by atoms with Crippen LogP contribution in [0.2, 0.25) is 0 Å². The summed E-state index contributed by atoms with van der Waals surface area (Å²) in [5, 5.41) is 19.1. The molecular weight excluding hydrogens is 376 g/mol. The number of hydrogen-bond acceptors (Lipinski definition) is 5. The first kappa shape index (κ1) is 17.9. The minimum Gasteiger partial charge on any atom is -0.347 e. The summed E-state index contributed by atoms with van der Waals surface area (Å²) in [4.78, 5) is 24.4. The molecule has 2 aromatic carbocycles. The molecule has 0 aliphatic carbocycles. The molecule has 4 rings (SSSR count). The normalized spacial score (nSPS) is 10.9. The molecule has 4 aromatic rings. The molecule has 28 heavy (non-hydrogen) atoms. The minimum atomic E-state index is -0.447. The van der Waals surface area contributed by atoms with Crippen LogP contribution in [0.1, 0.15) is 20.9 Å². The first-order valence-corrected chi connectivity index (χ1v) is 9.40. The molecule has 2 aromatic heterocycles. The largest absolute Gasteiger partial charge is 0.347 e. The number of carbonyl (C=O) groups is 1. The number of amides is 1. The second kappa shape index (κ2) is 7.24. The van der Waals surface area contributed by atoms with E-state index in [1.165, 1.54) is 23.5 Å². The van der Waals surface area contributed by atoms with Gasteiger partial charge in [-0.2, -0.15) is 5.10 Å². The van der Waals surface area contributed by atoms with Gasteiger partial charge in [0.1, 0.15) is 4.83 Å². The van der Waals surface area contributed by atoms with Crippen LogP contribution in [0, 0.1) is 17.0 Å². The van der Waals surface area contributed by atoms with Gasteiger partial charge < -0.3 is 5.32 Å². The van der Waals surface area contributed by atoms with Crippen molar-refractivity contribution in [2.75, 3.05) is 0 Å². The van der Waals surface area contributed by atoms with Crippen molar-refractivity contribution in [3.63, 3.8) is 0 Å². The minimum absolute atomic E-state index is 0.0283. The summed E-state index contributed by atoms with van der Waals surface area (Å²) in [7, 11) is 0. The molecule has 1 amide bonds. The fraction of sp³-hybridized carbons (Fsp3) is 0.100. The Bertz CT molecular complexity index is 1160. The molecule has 0 radical (unpaired) electrons. The van der Waals surface area contributed by atoms with E-state index >= 15 is 0 Å². The Morgan fingerprint density at radius 2 is 1.89 bits per heavy atom. The zero-order valence-electron chi connectivity index (χ0n) is 15.0. The molecule has 0 saturated carbocycles. The number of para-hydroxylation sites is 1. The maximum Gasteiger partial charge on any atom is 0.269 e. The standard InChI is InChI=1S/C20H16N4O3S/c1-13-17-11-18(28-20(17)23(22-13)15-5-3-2-4-6-15)19(25)21-12-14-7-9-16(10-8-14)24(26)27/h2-11H,12H2,1H3,(H,21,25). The second-order valence-electron chi connectivity index (χ2n) is 6.27. The van der Waals surface area contributed by atoms with Gasteiger partial charge in [0.25, 0.3) is 11.6 Å². The third kappa shape index (κ3) is 3.37. The highest BCUT2D eigenvalue weighted by molar-refractivity contribution is 7.20. The van der Waals surface area contributed by atoms with E-state index in [1.807, 2.05) is 48.0 Å². The van der Waals surface area contributed by atoms with E-state index in [2.05, 4.69) is 10.4 Å². The van der Waals surface area contributed by atoms with Crippen LogP contribution < -0.4 is 5.32 Å². The van der Waals surface area contributed by atoms with Crippen LogP contribution in [-0.4, -0.2) is 20.6 Å². The lowest BCUT2D eigenvalue weighted by Crippen LogP contribution is -2.21. The number of rotatable bonds is 5. The van der Waals surface area contributed by atoms with Crippen molar-refractivity contribution in [2.24, 2.45) is 0 Å². The Morgan fingerprint density at radius 1 is 1.18 bits per heavy atom. The first-order chi connectivity index (χ1) is 13.5. The summed E-state index contributed by atoms with van der Waals surface area (Å²) >= 11 is 1.39. The Labute approximate surface area is 164 Å². The number of fused-ring (bicyclic) bond motifs is 1. The summed E-state index contributed by atoms with van der Waals surface area (Å²) in [5.41, 5.74) is 2.64. The summed E-state index contributed by atoms with van der Waals surface area (Å²) in [6.45, 7) is 2.22. The highest BCUT2D eigenvalue weighted by Crippen LogP contribution is 2.30. The topological polar surface area (TPSA) is 90.1 Å². The summed E-state index contributed by atoms with van der Waals surface area (Å²) in [5.74, 6) is -0.182. The smallest absolute Gasteiger partial charge is 0.269 e. The molecule has 0 saturated heterocycles. The third-order valence-electron chi connectivity index (χ3n) is 4.37. The predicted octanol–water partition coefficient (Wildman–Crippen LogP) is 4.23. The van der Waals surface area contributed by atoms with Gasteiger partial charge in [0.2, 0.25) is 0 Å². The molecule has 8 heteroatoms. The molecule has 0 atom stereocenters. The van der Waals surface area contributed by atoms with E-state index in [-0.39, 0.29) is 11.6 Å². The van der Waals surface area contributed by atoms with Gasteiger partial charge in [0.15, 0.2) is 0 Å². The fourth-order valence-corrected chi connectivity index (χ4v) is 4.01. The van der Waals surface area contributed by atoms with Crippen LogP contribution in [0.15, 0.2) is 60.7 Å². The number of nitrogens with zero attached hydrogens (tertiary/aromatic N) is 3. The lowest BCUT2D eigenvalue weighted by Gasteiger charge is -2.04. The number of thiophene rings is 1. The van der Waals surface area contributed by atoms with E-state index in [4.69, 9.17) is 0 Å². The van der Waals surface area contributed by atoms with Crippen LogP contribution in [0.4, 0.5) is 5.69 Å². The van der Waals surface area contributed by atoms with Crippen LogP contribution in [-0.2, 0) is 6.54 Å². The summed E-state index contributed by atoms with van der Waals surface area (Å²) in [6.07, 6.45) is 0. The average Bonchev–Trinajstić information content (AvgIpc) is 3.28. The fourth-order valence-electron chi connectivity index (χ4n) is 2.91. The summed E-state index contributed by atoms with van der Waals surface area (Å²) < 4.78 is 1.85. The molecule has 0 aliphatic heterocycles. The molecule has 0 unspecified atom stereocenters. The molecule has 1 N–H and O–H groups in total. The SMILES string of the molecule is Cc1nn(-c2ccccc2)c2sc(C(=O)NCc3ccc([N+](=O)[O-])cc3)cc12. The van der Waals surface area contributed by atoms with E-state index < -0.39 is 4.92 Å². The van der Waals surface area contributed by atoms with Gasteiger partial charge in [0, 0.05) is 24.1 Å². The van der Waals surface area contributed by atoms with Gasteiger partial charge in [-0.1, -0.05) is 30.3 Å². The number of aryl methyl sites for hydroxylation is 1. The lowest BCUT2D eigenvalue weighted by atomic mass is 10.2. The van der Waals surface area contributed by atoms with Crippen molar-refractivity contribution in [2.45, 2.75) is 13.5 Å². The van der Waals surface area contributed by atoms with Crippen molar-refractivity contribution in [1.29, 1.82) is 0 Å². The first-order valence-electron chi connectivity index (χ1n) is 8.59. The van der Waals surface area contributed by atoms with Gasteiger partial charge in [0.05, 0.1) is 21.2 Å². The molecule has 2 heterocycles. The number of nitrogens with one attached hydrogen (secondary N) is 1. The van der Waals surface area contributed by atoms with Crippen molar-refractivity contribution in [3.05, 3.63) is 86.9 Å². The Hall–Kier alpha value is -3.52. The predicted molar refractivity (Wildman–Crippen MR) is 108 cm³/mol. The Kier molecular flexibility index (Phi) is 4.62. The van der Waals surface area contributed by atoms with Crippen LogP contribution in [0.25, 0.3) is 15.9 Å². The number of nitro groups is 1. The van der Waals surface area contributed by atoms with Gasteiger partial charge >= 0.3 is 0 Å². The number of benzene rings is 2. The summed E-state index contributed by atoms with van der Waals surface area (Å²) in [6, 6.07) is 17.8. The average molecular weight is 392 g/mol. The van der Waals surface area contributed by atoms with Crippen LogP contribution in [0.3, 0.4) is 0 Å². The maximum absolute atomic E-state index is 12.6. The lowest BCUT2D eigenvalue weighted by molar-refractivity contribution is -0.384. The molecular formula is C20H16N4O3S. The monoisotopic (exact) mass is 392 g/mol. The van der Waals surface area contributed by atoms with Crippen molar-refractivity contribution < 1.29 is 9.72 Å². The molecule has 0 spiro atoms. The van der Waals surface area contributed by atoms with Gasteiger partial charge in [-0.25, -0.2) is 4.68 Å². The number of non-ortho nitro benzene ring substituents is 1. The van der Waals surface area contributed by atoms with Crippen LogP contribution in [0.5, 0.6) is 0 Å². The highest BCUT2D eigenvalue weighted by Gasteiger charge is 2.17. The zero-order chi connectivity index (χ0) is 19.7. The number of aromatic nitrogens is 2. The molecule has 140 valence electrons. The zero-order valence-corrected chi connectivity index (χ0v) is 15.8. The van der Waals surface area contributed by atoms with Crippen LogP contribution >= 0.6 is 11.3 Å². The molecule has 0 aliphatic rings. The second-order valence-corrected chi connectivity index (χ2v) is 7.30. The molecule has 7 nitrogen and oxygen atoms in total.